The molecule has 84 heavy (non-hydrogen) atoms. The van der Waals surface area contributed by atoms with Crippen LogP contribution in [0.25, 0.3) is 22.5 Å². The van der Waals surface area contributed by atoms with Gasteiger partial charge in [-0.1, -0.05) is 52.0 Å². The topological polar surface area (TPSA) is 222 Å². The van der Waals surface area contributed by atoms with Gasteiger partial charge in [-0.3, -0.25) is 13.8 Å². The quantitative estimate of drug-likeness (QED) is 0.0310. The first kappa shape index (κ1) is 65.2. The van der Waals surface area contributed by atoms with Crippen LogP contribution in [0.1, 0.15) is 98.4 Å². The molecule has 4 aromatic carbocycles. The van der Waals surface area contributed by atoms with Crippen molar-refractivity contribution in [2.24, 2.45) is 0 Å². The SMILES string of the molecule is CCN(CC)CCNC.CCN(CC)CCNc1nc(-c2cc(C(=O)NC(C)C)ccc2C)c2c(n1)N(c1c(F)cccc1F)C(=O)NC2.Cc1ccc(C(=O)NC(C)C)cc1-c1nc(S(C)=O)nc2c1CNC(=O)N2c1c(F)cccc1F. The molecule has 24 heteroatoms. The number of nitrogens with one attached hydrogen (secondary N) is 6. The molecular weight excluding hydrogens is 1100 g/mol. The average Bonchev–Trinajstić information content (AvgIpc) is 1.97. The maximum atomic E-state index is 14.9. The third kappa shape index (κ3) is 15.8. The number of para-hydroxylation sites is 2. The fraction of sp³-hybridized carbons (Fsp3) is 0.400. The van der Waals surface area contributed by atoms with Gasteiger partial charge in [0.1, 0.15) is 34.6 Å². The number of carbonyl (C=O) groups is 4. The van der Waals surface area contributed by atoms with Crippen molar-refractivity contribution < 1.29 is 40.9 Å². The number of aromatic nitrogens is 4. The van der Waals surface area contributed by atoms with Crippen molar-refractivity contribution in [2.75, 3.05) is 80.8 Å². The van der Waals surface area contributed by atoms with Crippen molar-refractivity contribution in [3.8, 4) is 22.5 Å². The smallest absolute Gasteiger partial charge is 0.328 e. The molecule has 6 aromatic rings. The van der Waals surface area contributed by atoms with Gasteiger partial charge in [-0.05, 0) is 134 Å². The number of carbonyl (C=O) groups excluding carboxylic acids is 4. The molecule has 19 nitrogen and oxygen atoms in total. The second-order valence-corrected chi connectivity index (χ2v) is 21.6. The average molecular weight is 1180 g/mol. The van der Waals surface area contributed by atoms with Gasteiger partial charge in [-0.25, -0.2) is 51.9 Å². The Morgan fingerprint density at radius 3 is 1.42 bits per heavy atom. The fourth-order valence-corrected chi connectivity index (χ4v) is 9.61. The number of fused-ring (bicyclic) bond motifs is 2. The Hall–Kier alpha value is -7.93. The highest BCUT2D eigenvalue weighted by Crippen LogP contribution is 2.41. The van der Waals surface area contributed by atoms with E-state index in [4.69, 9.17) is 4.98 Å². The number of hydrogen-bond donors (Lipinski definition) is 6. The number of amides is 6. The molecule has 6 N–H and O–H groups in total. The highest BCUT2D eigenvalue weighted by molar-refractivity contribution is 7.84. The summed E-state index contributed by atoms with van der Waals surface area (Å²) in [7, 11) is 0.309. The Balaban J connectivity index is 0.000000236. The van der Waals surface area contributed by atoms with Crippen molar-refractivity contribution in [3.05, 3.63) is 129 Å². The number of aryl methyl sites for hydroxylation is 2. The Morgan fingerprint density at radius 1 is 0.619 bits per heavy atom. The van der Waals surface area contributed by atoms with Gasteiger partial charge in [0.05, 0.1) is 35.3 Å². The molecule has 0 fully saturated rings. The number of nitrogens with zero attached hydrogens (tertiary/aromatic N) is 8. The molecule has 0 aliphatic carbocycles. The normalized spacial score (nSPS) is 13.1. The van der Waals surface area contributed by atoms with E-state index in [0.29, 0.717) is 51.3 Å². The van der Waals surface area contributed by atoms with Gasteiger partial charge in [0.15, 0.2) is 11.6 Å². The third-order valence-electron chi connectivity index (χ3n) is 13.7. The van der Waals surface area contributed by atoms with Gasteiger partial charge in [-0.2, -0.15) is 4.98 Å². The zero-order chi connectivity index (χ0) is 61.5. The molecule has 8 rings (SSSR count). The summed E-state index contributed by atoms with van der Waals surface area (Å²) in [4.78, 5) is 75.7. The second kappa shape index (κ2) is 30.1. The van der Waals surface area contributed by atoms with Crippen molar-refractivity contribution in [1.29, 1.82) is 0 Å². The highest BCUT2D eigenvalue weighted by Gasteiger charge is 2.36. The molecule has 0 saturated heterocycles. The predicted octanol–water partition coefficient (Wildman–Crippen LogP) is 9.50. The van der Waals surface area contributed by atoms with Gasteiger partial charge in [0, 0.05) is 77.9 Å². The monoisotopic (exact) mass is 1180 g/mol. The number of benzene rings is 4. The number of anilines is 5. The summed E-state index contributed by atoms with van der Waals surface area (Å²) in [5.74, 6) is -4.05. The van der Waals surface area contributed by atoms with Crippen LogP contribution in [0.3, 0.4) is 0 Å². The van der Waals surface area contributed by atoms with Crippen LogP contribution in [0, 0.1) is 37.1 Å². The summed E-state index contributed by atoms with van der Waals surface area (Å²) < 4.78 is 71.7. The summed E-state index contributed by atoms with van der Waals surface area (Å²) >= 11 is 0. The Kier molecular flexibility index (Phi) is 23.3. The van der Waals surface area contributed by atoms with E-state index in [1.165, 1.54) is 24.9 Å². The van der Waals surface area contributed by atoms with Gasteiger partial charge in [-0.15, -0.1) is 0 Å². The van der Waals surface area contributed by atoms with Crippen molar-refractivity contribution in [3.63, 3.8) is 0 Å². The number of urea groups is 2. The first-order chi connectivity index (χ1) is 40.1. The van der Waals surface area contributed by atoms with Gasteiger partial charge < -0.3 is 41.7 Å². The zero-order valence-electron chi connectivity index (χ0n) is 49.7. The van der Waals surface area contributed by atoms with Crippen molar-refractivity contribution in [1.82, 2.24) is 56.3 Å². The number of hydrogen-bond acceptors (Lipinski definition) is 13. The van der Waals surface area contributed by atoms with E-state index >= 15 is 0 Å². The number of likely N-dealkylation sites (N-methyl/N-ethyl adjacent to an activating group) is 3. The largest absolute Gasteiger partial charge is 0.353 e. The van der Waals surface area contributed by atoms with Crippen LogP contribution in [0.2, 0.25) is 0 Å². The molecule has 0 radical (unpaired) electrons. The lowest BCUT2D eigenvalue weighted by Gasteiger charge is -2.31. The molecular formula is C60H76F4N14O5S. The van der Waals surface area contributed by atoms with E-state index in [9.17, 15) is 40.9 Å². The minimum Gasteiger partial charge on any atom is -0.353 e. The van der Waals surface area contributed by atoms with E-state index < -0.39 is 57.5 Å². The molecule has 2 aliphatic rings. The molecule has 450 valence electrons. The minimum atomic E-state index is -1.68. The van der Waals surface area contributed by atoms with Crippen LogP contribution in [0.5, 0.6) is 0 Å². The van der Waals surface area contributed by atoms with Crippen LogP contribution >= 0.6 is 0 Å². The fourth-order valence-electron chi connectivity index (χ4n) is 9.17. The van der Waals surface area contributed by atoms with E-state index in [2.05, 4.69) is 84.3 Å². The molecule has 2 aromatic heterocycles. The minimum absolute atomic E-state index is 0.0332. The predicted molar refractivity (Wildman–Crippen MR) is 321 cm³/mol. The molecule has 1 atom stereocenters. The molecule has 2 aliphatic heterocycles. The summed E-state index contributed by atoms with van der Waals surface area (Å²) in [5.41, 5.74) is 4.05. The first-order valence-corrected chi connectivity index (χ1v) is 29.5. The van der Waals surface area contributed by atoms with Crippen LogP contribution in [-0.2, 0) is 23.9 Å². The van der Waals surface area contributed by atoms with Crippen LogP contribution in [0.4, 0.5) is 56.1 Å². The molecule has 6 amide bonds. The lowest BCUT2D eigenvalue weighted by atomic mass is 9.97. The maximum absolute atomic E-state index is 14.9. The Bertz CT molecular complexity index is 3320. The van der Waals surface area contributed by atoms with Crippen LogP contribution in [0.15, 0.2) is 78.0 Å². The van der Waals surface area contributed by atoms with Gasteiger partial charge in [0.25, 0.3) is 11.8 Å². The standard InChI is InChI=1S/C29H35F2N7O2.C24H23F2N5O3S.C7H18N2/c1-6-37(7-2)14-13-32-28-35-24(20-15-19(12-11-18(20)5)27(39)34-17(3)4)21-16-33-29(40)38(26(21)36-28)25-22(30)9-8-10-23(25)31;1-12(2)28-22(32)14-9-8-13(3)15(10-14)19-16-11-27-24(33)31(20-17(25)6-5-7-18(20)26)21(16)30-23(29-19)35(4)34;1-4-9(5-2)7-6-8-3/h8-12,15,17H,6-7,13-14,16H2,1-5H3,(H,33,40)(H,34,39)(H,32,35,36);5-10,12H,11H2,1-4H3,(H,27,33)(H,28,32);8H,4-7H2,1-3H3. The summed E-state index contributed by atoms with van der Waals surface area (Å²) in [6.07, 6.45) is 1.36. The Labute approximate surface area is 491 Å². The first-order valence-electron chi connectivity index (χ1n) is 27.9. The summed E-state index contributed by atoms with van der Waals surface area (Å²) in [6.45, 7) is 27.3. The molecule has 0 spiro atoms. The van der Waals surface area contributed by atoms with Gasteiger partial charge >= 0.3 is 12.1 Å². The van der Waals surface area contributed by atoms with Crippen LogP contribution in [-0.4, -0.2) is 136 Å². The maximum Gasteiger partial charge on any atom is 0.328 e. The van der Waals surface area contributed by atoms with Crippen molar-refractivity contribution >= 4 is 63.6 Å². The third-order valence-corrected chi connectivity index (χ3v) is 14.4. The Morgan fingerprint density at radius 2 is 1.02 bits per heavy atom. The van der Waals surface area contributed by atoms with E-state index in [0.717, 1.165) is 84.5 Å². The highest BCUT2D eigenvalue weighted by atomic mass is 32.2. The van der Waals surface area contributed by atoms with E-state index in [1.807, 2.05) is 54.7 Å². The van der Waals surface area contributed by atoms with Crippen LogP contribution < -0.4 is 41.7 Å². The molecule has 0 bridgehead atoms. The second-order valence-electron chi connectivity index (χ2n) is 20.3. The number of halogens is 4. The lowest BCUT2D eigenvalue weighted by molar-refractivity contribution is 0.0934. The molecule has 1 unspecified atom stereocenters. The lowest BCUT2D eigenvalue weighted by Crippen LogP contribution is -2.43. The van der Waals surface area contributed by atoms with E-state index in [-0.39, 0.29) is 59.7 Å². The summed E-state index contributed by atoms with van der Waals surface area (Å²) in [6, 6.07) is 15.4. The number of rotatable bonds is 20. The van der Waals surface area contributed by atoms with E-state index in [1.54, 1.807) is 30.3 Å². The zero-order valence-corrected chi connectivity index (χ0v) is 50.5. The van der Waals surface area contributed by atoms with Crippen molar-refractivity contribution in [2.45, 2.75) is 99.6 Å². The van der Waals surface area contributed by atoms with Gasteiger partial charge in [0.2, 0.25) is 11.1 Å². The molecule has 0 saturated carbocycles. The molecule has 4 heterocycles. The summed E-state index contributed by atoms with van der Waals surface area (Å²) in [5, 5.41) is 17.2.